The van der Waals surface area contributed by atoms with Gasteiger partial charge in [0.15, 0.2) is 5.82 Å². The van der Waals surface area contributed by atoms with Crippen LogP contribution in [0.4, 0.5) is 14.5 Å². The first-order valence-electron chi connectivity index (χ1n) is 6.83. The number of aromatic hydroxyl groups is 1. The van der Waals surface area contributed by atoms with E-state index in [0.717, 1.165) is 5.56 Å². The van der Waals surface area contributed by atoms with Crippen LogP contribution >= 0.6 is 0 Å². The Labute approximate surface area is 130 Å². The molecule has 7 heteroatoms. The number of nitrogens with one attached hydrogen (secondary N) is 2. The van der Waals surface area contributed by atoms with Gasteiger partial charge in [-0.15, -0.1) is 0 Å². The molecule has 118 valence electrons. The van der Waals surface area contributed by atoms with Gasteiger partial charge in [0.05, 0.1) is 16.7 Å². The molecule has 23 heavy (non-hydrogen) atoms. The molecular formula is C16H13F2N3O2. The van der Waals surface area contributed by atoms with Crippen molar-refractivity contribution >= 4 is 22.6 Å². The van der Waals surface area contributed by atoms with Crippen molar-refractivity contribution in [2.45, 2.75) is 13.3 Å². The fourth-order valence-electron chi connectivity index (χ4n) is 2.22. The quantitative estimate of drug-likeness (QED) is 0.644. The Morgan fingerprint density at radius 1 is 1.26 bits per heavy atom. The van der Waals surface area contributed by atoms with Gasteiger partial charge in [0.25, 0.3) is 12.3 Å². The second-order valence-electron chi connectivity index (χ2n) is 5.13. The Morgan fingerprint density at radius 2 is 2.04 bits per heavy atom. The van der Waals surface area contributed by atoms with Crippen LogP contribution in [0.2, 0.25) is 0 Å². The van der Waals surface area contributed by atoms with Gasteiger partial charge in [0.1, 0.15) is 5.75 Å². The molecule has 0 bridgehead atoms. The highest BCUT2D eigenvalue weighted by Crippen LogP contribution is 2.25. The van der Waals surface area contributed by atoms with Gasteiger partial charge in [-0.2, -0.15) is 0 Å². The van der Waals surface area contributed by atoms with E-state index in [0.29, 0.717) is 11.0 Å². The normalized spacial score (nSPS) is 11.1. The summed E-state index contributed by atoms with van der Waals surface area (Å²) in [7, 11) is 0. The van der Waals surface area contributed by atoms with E-state index >= 15 is 0 Å². The zero-order valence-electron chi connectivity index (χ0n) is 12.1. The summed E-state index contributed by atoms with van der Waals surface area (Å²) in [5.41, 5.74) is 2.11. The maximum atomic E-state index is 12.6. The monoisotopic (exact) mass is 317 g/mol. The zero-order chi connectivity index (χ0) is 16.6. The van der Waals surface area contributed by atoms with Crippen LogP contribution in [0, 0.1) is 6.92 Å². The molecule has 0 aliphatic heterocycles. The lowest BCUT2D eigenvalue weighted by Crippen LogP contribution is -2.11. The number of amides is 1. The molecule has 0 unspecified atom stereocenters. The molecule has 0 aliphatic carbocycles. The van der Waals surface area contributed by atoms with Gasteiger partial charge >= 0.3 is 0 Å². The number of fused-ring (bicyclic) bond motifs is 1. The standard InChI is InChI=1S/C16H13F2N3O2/c1-8-2-4-11(13(22)6-8)21-16(23)9-3-5-10-12(7-9)20-15(19-10)14(17)18/h2-7,14,22H,1H3,(H,19,20)(H,21,23). The first kappa shape index (κ1) is 15.0. The Balaban J connectivity index is 1.88. The van der Waals surface area contributed by atoms with Gasteiger partial charge in [-0.1, -0.05) is 6.07 Å². The van der Waals surface area contributed by atoms with Crippen molar-refractivity contribution < 1.29 is 18.7 Å². The van der Waals surface area contributed by atoms with Gasteiger partial charge < -0.3 is 15.4 Å². The molecule has 3 rings (SSSR count). The fourth-order valence-corrected chi connectivity index (χ4v) is 2.22. The number of phenolic OH excluding ortho intramolecular Hbond substituents is 1. The number of aromatic nitrogens is 2. The number of anilines is 1. The van der Waals surface area contributed by atoms with E-state index in [1.807, 2.05) is 6.92 Å². The number of rotatable bonds is 3. The van der Waals surface area contributed by atoms with E-state index in [2.05, 4.69) is 15.3 Å². The Bertz CT molecular complexity index is 890. The third-order valence-corrected chi connectivity index (χ3v) is 3.37. The highest BCUT2D eigenvalue weighted by Gasteiger charge is 2.15. The van der Waals surface area contributed by atoms with Crippen molar-refractivity contribution in [3.8, 4) is 5.75 Å². The van der Waals surface area contributed by atoms with Gasteiger partial charge in [-0.3, -0.25) is 4.79 Å². The van der Waals surface area contributed by atoms with E-state index in [4.69, 9.17) is 0 Å². The lowest BCUT2D eigenvalue weighted by atomic mass is 10.1. The Morgan fingerprint density at radius 3 is 2.74 bits per heavy atom. The molecule has 0 radical (unpaired) electrons. The summed E-state index contributed by atoms with van der Waals surface area (Å²) in [4.78, 5) is 18.5. The summed E-state index contributed by atoms with van der Waals surface area (Å²) in [5, 5.41) is 12.4. The van der Waals surface area contributed by atoms with Gasteiger partial charge in [0.2, 0.25) is 0 Å². The van der Waals surface area contributed by atoms with Crippen LogP contribution in [0.15, 0.2) is 36.4 Å². The molecule has 1 heterocycles. The number of imidazole rings is 1. The maximum absolute atomic E-state index is 12.6. The smallest absolute Gasteiger partial charge is 0.295 e. The van der Waals surface area contributed by atoms with E-state index in [1.165, 1.54) is 24.3 Å². The average molecular weight is 317 g/mol. The number of phenols is 1. The van der Waals surface area contributed by atoms with E-state index in [-0.39, 0.29) is 17.0 Å². The topological polar surface area (TPSA) is 78.0 Å². The number of carbonyl (C=O) groups is 1. The minimum absolute atomic E-state index is 0.0408. The second kappa shape index (κ2) is 5.68. The number of nitrogens with zero attached hydrogens (tertiary/aromatic N) is 1. The highest BCUT2D eigenvalue weighted by atomic mass is 19.3. The molecular weight excluding hydrogens is 304 g/mol. The number of hydrogen-bond donors (Lipinski definition) is 3. The summed E-state index contributed by atoms with van der Waals surface area (Å²) in [6.45, 7) is 1.82. The molecule has 1 amide bonds. The molecule has 3 N–H and O–H groups in total. The highest BCUT2D eigenvalue weighted by molar-refractivity contribution is 6.06. The lowest BCUT2D eigenvalue weighted by Gasteiger charge is -2.08. The van der Waals surface area contributed by atoms with Crippen molar-refractivity contribution in [3.05, 3.63) is 53.3 Å². The summed E-state index contributed by atoms with van der Waals surface area (Å²) in [6, 6.07) is 9.28. The number of hydrogen-bond acceptors (Lipinski definition) is 3. The largest absolute Gasteiger partial charge is 0.506 e. The number of alkyl halides is 2. The van der Waals surface area contributed by atoms with Crippen LogP contribution in [-0.4, -0.2) is 21.0 Å². The molecule has 5 nitrogen and oxygen atoms in total. The van der Waals surface area contributed by atoms with Crippen LogP contribution in [0.5, 0.6) is 5.75 Å². The molecule has 0 aliphatic rings. The van der Waals surface area contributed by atoms with Crippen molar-refractivity contribution in [2.75, 3.05) is 5.32 Å². The van der Waals surface area contributed by atoms with E-state index < -0.39 is 18.2 Å². The number of aryl methyl sites for hydroxylation is 1. The number of carbonyl (C=O) groups excluding carboxylic acids is 1. The molecule has 0 spiro atoms. The van der Waals surface area contributed by atoms with Crippen LogP contribution in [0.25, 0.3) is 11.0 Å². The first-order chi connectivity index (χ1) is 10.9. The minimum atomic E-state index is -2.70. The summed E-state index contributed by atoms with van der Waals surface area (Å²) in [6.07, 6.45) is -2.70. The van der Waals surface area contributed by atoms with Crippen molar-refractivity contribution in [1.29, 1.82) is 0 Å². The van der Waals surface area contributed by atoms with Gasteiger partial charge in [-0.25, -0.2) is 13.8 Å². The van der Waals surface area contributed by atoms with E-state index in [9.17, 15) is 18.7 Å². The zero-order valence-corrected chi connectivity index (χ0v) is 12.1. The number of benzene rings is 2. The third kappa shape index (κ3) is 2.98. The van der Waals surface area contributed by atoms with Crippen molar-refractivity contribution in [3.63, 3.8) is 0 Å². The van der Waals surface area contributed by atoms with Gasteiger partial charge in [0, 0.05) is 5.56 Å². The Kier molecular flexibility index (Phi) is 3.69. The predicted molar refractivity (Wildman–Crippen MR) is 81.8 cm³/mol. The van der Waals surface area contributed by atoms with Crippen molar-refractivity contribution in [1.82, 2.24) is 9.97 Å². The number of H-pyrrole nitrogens is 1. The number of aromatic amines is 1. The fraction of sp³-hybridized carbons (Fsp3) is 0.125. The molecule has 0 saturated carbocycles. The van der Waals surface area contributed by atoms with Crippen LogP contribution in [0.1, 0.15) is 28.2 Å². The molecule has 0 saturated heterocycles. The predicted octanol–water partition coefficient (Wildman–Crippen LogP) is 3.77. The molecule has 2 aromatic carbocycles. The lowest BCUT2D eigenvalue weighted by molar-refractivity contribution is 0.102. The summed E-state index contributed by atoms with van der Waals surface area (Å²) >= 11 is 0. The molecule has 3 aromatic rings. The van der Waals surface area contributed by atoms with Gasteiger partial charge in [-0.05, 0) is 42.8 Å². The SMILES string of the molecule is Cc1ccc(NC(=O)c2ccc3nc(C(F)F)[nH]c3c2)c(O)c1. The maximum Gasteiger partial charge on any atom is 0.295 e. The Hall–Kier alpha value is -2.96. The van der Waals surface area contributed by atoms with Crippen LogP contribution < -0.4 is 5.32 Å². The van der Waals surface area contributed by atoms with E-state index in [1.54, 1.807) is 12.1 Å². The van der Waals surface area contributed by atoms with Crippen LogP contribution in [0.3, 0.4) is 0 Å². The minimum Gasteiger partial charge on any atom is -0.506 e. The average Bonchev–Trinajstić information content (AvgIpc) is 2.93. The number of halogens is 2. The van der Waals surface area contributed by atoms with Crippen LogP contribution in [-0.2, 0) is 0 Å². The first-order valence-corrected chi connectivity index (χ1v) is 6.83. The second-order valence-corrected chi connectivity index (χ2v) is 5.13. The summed E-state index contributed by atoms with van der Waals surface area (Å²) < 4.78 is 25.3. The molecule has 1 aromatic heterocycles. The summed E-state index contributed by atoms with van der Waals surface area (Å²) in [5.74, 6) is -0.936. The molecule has 0 fully saturated rings. The third-order valence-electron chi connectivity index (χ3n) is 3.37. The van der Waals surface area contributed by atoms with Crippen molar-refractivity contribution in [2.24, 2.45) is 0 Å². The molecule has 0 atom stereocenters.